The lowest BCUT2D eigenvalue weighted by Crippen LogP contribution is -1.87. The second kappa shape index (κ2) is 2.81. The maximum atomic E-state index is 4.16. The Hall–Kier alpha value is -1.57. The van der Waals surface area contributed by atoms with E-state index >= 15 is 0 Å². The van der Waals surface area contributed by atoms with E-state index in [2.05, 4.69) is 21.7 Å². The number of aryl methyl sites for hydroxylation is 1. The van der Waals surface area contributed by atoms with Crippen LogP contribution in [0.25, 0.3) is 6.08 Å². The van der Waals surface area contributed by atoms with Gasteiger partial charge in [0.25, 0.3) is 0 Å². The van der Waals surface area contributed by atoms with Gasteiger partial charge in [-0.25, -0.2) is 0 Å². The van der Waals surface area contributed by atoms with Crippen LogP contribution in [0.1, 0.15) is 5.69 Å². The summed E-state index contributed by atoms with van der Waals surface area (Å²) in [6.45, 7) is 0. The molecule has 0 spiro atoms. The van der Waals surface area contributed by atoms with Crippen LogP contribution in [0.2, 0.25) is 0 Å². The van der Waals surface area contributed by atoms with E-state index in [1.54, 1.807) is 6.21 Å². The first-order valence-corrected chi connectivity index (χ1v) is 3.90. The minimum Gasteiger partial charge on any atom is -0.351 e. The fourth-order valence-electron chi connectivity index (χ4n) is 1.17. The van der Waals surface area contributed by atoms with E-state index in [1.165, 1.54) is 5.69 Å². The van der Waals surface area contributed by atoms with E-state index < -0.39 is 0 Å². The van der Waals surface area contributed by atoms with Crippen molar-refractivity contribution in [3.05, 3.63) is 41.9 Å². The highest BCUT2D eigenvalue weighted by molar-refractivity contribution is 5.79. The number of hydrogen-bond acceptors (Lipinski definition) is 1. The summed E-state index contributed by atoms with van der Waals surface area (Å²) >= 11 is 0. The van der Waals surface area contributed by atoms with Gasteiger partial charge in [-0.3, -0.25) is 4.99 Å². The average molecular weight is 158 g/mol. The molecule has 0 aliphatic carbocycles. The molecular weight excluding hydrogens is 148 g/mol. The zero-order chi connectivity index (χ0) is 8.39. The van der Waals surface area contributed by atoms with Gasteiger partial charge in [0.05, 0.1) is 5.70 Å². The van der Waals surface area contributed by atoms with E-state index in [1.807, 2.05) is 31.5 Å². The fourth-order valence-corrected chi connectivity index (χ4v) is 1.17. The zero-order valence-electron chi connectivity index (χ0n) is 6.94. The summed E-state index contributed by atoms with van der Waals surface area (Å²) in [6, 6.07) is 4.09. The highest BCUT2D eigenvalue weighted by Crippen LogP contribution is 2.11. The van der Waals surface area contributed by atoms with Crippen molar-refractivity contribution >= 4 is 12.3 Å². The number of aliphatic imine (C=N–C) groups is 1. The first-order valence-electron chi connectivity index (χ1n) is 3.90. The maximum absolute atomic E-state index is 4.16. The molecule has 0 aromatic carbocycles. The van der Waals surface area contributed by atoms with Gasteiger partial charge in [-0.1, -0.05) is 0 Å². The number of nitrogens with zero attached hydrogens (tertiary/aromatic N) is 2. The Morgan fingerprint density at radius 1 is 1.50 bits per heavy atom. The lowest BCUT2D eigenvalue weighted by molar-refractivity contribution is 0.914. The van der Waals surface area contributed by atoms with Crippen molar-refractivity contribution in [2.24, 2.45) is 12.0 Å². The first kappa shape index (κ1) is 7.10. The Kier molecular flexibility index (Phi) is 1.67. The summed E-state index contributed by atoms with van der Waals surface area (Å²) < 4.78 is 2.06. The molecule has 1 aliphatic rings. The first-order chi connectivity index (χ1) is 5.86. The summed E-state index contributed by atoms with van der Waals surface area (Å²) in [5.74, 6) is 0. The molecule has 1 aliphatic heterocycles. The van der Waals surface area contributed by atoms with Crippen LogP contribution < -0.4 is 0 Å². The highest BCUT2D eigenvalue weighted by Gasteiger charge is 1.96. The maximum Gasteiger partial charge on any atom is 0.0650 e. The van der Waals surface area contributed by atoms with Crippen LogP contribution in [0, 0.1) is 0 Å². The summed E-state index contributed by atoms with van der Waals surface area (Å²) in [4.78, 5) is 4.16. The van der Waals surface area contributed by atoms with Gasteiger partial charge in [0.1, 0.15) is 0 Å². The second-order valence-corrected chi connectivity index (χ2v) is 2.75. The fraction of sp³-hybridized carbons (Fsp3) is 0.100. The molecule has 2 heteroatoms. The van der Waals surface area contributed by atoms with Crippen LogP contribution in [-0.2, 0) is 7.05 Å². The molecule has 1 aromatic heterocycles. The van der Waals surface area contributed by atoms with Gasteiger partial charge in [-0.05, 0) is 30.4 Å². The lowest BCUT2D eigenvalue weighted by atomic mass is 10.3. The molecule has 2 rings (SSSR count). The highest BCUT2D eigenvalue weighted by atomic mass is 14.9. The number of aromatic nitrogens is 1. The molecule has 60 valence electrons. The third kappa shape index (κ3) is 1.23. The van der Waals surface area contributed by atoms with Crippen molar-refractivity contribution in [1.29, 1.82) is 0 Å². The van der Waals surface area contributed by atoms with Gasteiger partial charge in [-0.2, -0.15) is 0 Å². The van der Waals surface area contributed by atoms with Crippen LogP contribution in [0.15, 0.2) is 41.2 Å². The third-order valence-corrected chi connectivity index (χ3v) is 1.86. The van der Waals surface area contributed by atoms with Crippen LogP contribution in [0.3, 0.4) is 0 Å². The van der Waals surface area contributed by atoms with E-state index in [0.29, 0.717) is 0 Å². The van der Waals surface area contributed by atoms with Crippen molar-refractivity contribution in [2.45, 2.75) is 0 Å². The van der Waals surface area contributed by atoms with Crippen LogP contribution in [-0.4, -0.2) is 10.8 Å². The average Bonchev–Trinajstić information content (AvgIpc) is 2.65. The van der Waals surface area contributed by atoms with Gasteiger partial charge in [-0.15, -0.1) is 0 Å². The van der Waals surface area contributed by atoms with Crippen molar-refractivity contribution in [3.63, 3.8) is 0 Å². The topological polar surface area (TPSA) is 17.3 Å². The molecule has 0 atom stereocenters. The molecule has 0 saturated carbocycles. The lowest BCUT2D eigenvalue weighted by Gasteiger charge is -1.95. The molecule has 0 bridgehead atoms. The van der Waals surface area contributed by atoms with Crippen molar-refractivity contribution in [2.75, 3.05) is 0 Å². The monoisotopic (exact) mass is 158 g/mol. The van der Waals surface area contributed by atoms with Crippen molar-refractivity contribution in [3.8, 4) is 0 Å². The Balaban J connectivity index is 2.34. The predicted molar refractivity (Wildman–Crippen MR) is 51.0 cm³/mol. The molecule has 1 aromatic rings. The molecule has 12 heavy (non-hydrogen) atoms. The van der Waals surface area contributed by atoms with Crippen LogP contribution in [0.4, 0.5) is 0 Å². The molecule has 0 saturated heterocycles. The van der Waals surface area contributed by atoms with Gasteiger partial charge in [0, 0.05) is 25.2 Å². The minimum absolute atomic E-state index is 1.01. The van der Waals surface area contributed by atoms with E-state index in [-0.39, 0.29) is 0 Å². The third-order valence-electron chi connectivity index (χ3n) is 1.86. The molecule has 0 unspecified atom stereocenters. The number of allylic oxidation sites excluding steroid dienone is 2. The van der Waals surface area contributed by atoms with Crippen LogP contribution in [0.5, 0.6) is 0 Å². The van der Waals surface area contributed by atoms with Crippen LogP contribution >= 0.6 is 0 Å². The van der Waals surface area contributed by atoms with E-state index in [0.717, 1.165) is 5.70 Å². The van der Waals surface area contributed by atoms with Gasteiger partial charge in [0.2, 0.25) is 0 Å². The second-order valence-electron chi connectivity index (χ2n) is 2.75. The zero-order valence-corrected chi connectivity index (χ0v) is 6.94. The van der Waals surface area contributed by atoms with Crippen molar-refractivity contribution in [1.82, 2.24) is 4.57 Å². The van der Waals surface area contributed by atoms with E-state index in [9.17, 15) is 0 Å². The SMILES string of the molecule is Cn1cccc1/C=C1\C=CC=N1. The minimum atomic E-state index is 1.01. The summed E-state index contributed by atoms with van der Waals surface area (Å²) in [5.41, 5.74) is 2.19. The Bertz CT molecular complexity index is 353. The molecule has 0 amide bonds. The van der Waals surface area contributed by atoms with E-state index in [4.69, 9.17) is 0 Å². The standard InChI is InChI=1S/C10H10N2/c1-12-7-3-5-10(12)8-9-4-2-6-11-9/h2-8H,1H3/b9-8+. The molecule has 0 radical (unpaired) electrons. The van der Waals surface area contributed by atoms with Gasteiger partial charge >= 0.3 is 0 Å². The quantitative estimate of drug-likeness (QED) is 0.595. The van der Waals surface area contributed by atoms with Gasteiger partial charge < -0.3 is 4.57 Å². The Morgan fingerprint density at radius 3 is 3.00 bits per heavy atom. The molecule has 0 N–H and O–H groups in total. The molecule has 2 nitrogen and oxygen atoms in total. The summed E-state index contributed by atoms with van der Waals surface area (Å²) in [5, 5.41) is 0. The number of rotatable bonds is 1. The Labute approximate surface area is 71.6 Å². The summed E-state index contributed by atoms with van der Waals surface area (Å²) in [7, 11) is 2.02. The largest absolute Gasteiger partial charge is 0.351 e. The predicted octanol–water partition coefficient (Wildman–Crippen LogP) is 2.01. The van der Waals surface area contributed by atoms with Crippen molar-refractivity contribution < 1.29 is 0 Å². The molecule has 2 heterocycles. The Morgan fingerprint density at radius 2 is 2.42 bits per heavy atom. The van der Waals surface area contributed by atoms with Gasteiger partial charge in [0.15, 0.2) is 0 Å². The normalized spacial score (nSPS) is 17.9. The molecule has 0 fully saturated rings. The smallest absolute Gasteiger partial charge is 0.0650 e. The number of hydrogen-bond donors (Lipinski definition) is 0. The molecular formula is C10H10N2. The summed E-state index contributed by atoms with van der Waals surface area (Å²) in [6.07, 6.45) is 9.81.